The number of carbonyl (C=O) groups is 1. The number of aromatic amines is 1. The number of hydrogen-bond donors (Lipinski definition) is 1. The monoisotopic (exact) mass is 584 g/mol. The summed E-state index contributed by atoms with van der Waals surface area (Å²) in [5.41, 5.74) is 6.13. The van der Waals surface area contributed by atoms with Crippen LogP contribution >= 0.6 is 0 Å². The Balaban J connectivity index is 1.13. The summed E-state index contributed by atoms with van der Waals surface area (Å²) in [7, 11) is 2.06. The molecular formula is C37H36N4O3. The number of nitrogens with zero attached hydrogens (tertiary/aromatic N) is 3. The van der Waals surface area contributed by atoms with E-state index >= 15 is 0 Å². The maximum absolute atomic E-state index is 14.0. The number of likely N-dealkylation sites (tertiary alicyclic amines) is 1. The molecule has 0 saturated carbocycles. The van der Waals surface area contributed by atoms with Crippen LogP contribution in [0.25, 0.3) is 21.9 Å². The maximum Gasteiger partial charge on any atom is 0.326 e. The van der Waals surface area contributed by atoms with E-state index in [1.54, 1.807) is 0 Å². The molecule has 1 unspecified atom stereocenters. The summed E-state index contributed by atoms with van der Waals surface area (Å²) in [6, 6.07) is 34.6. The van der Waals surface area contributed by atoms with E-state index in [0.29, 0.717) is 26.1 Å². The lowest BCUT2D eigenvalue weighted by Gasteiger charge is -2.33. The first-order valence-corrected chi connectivity index (χ1v) is 15.3. The van der Waals surface area contributed by atoms with Gasteiger partial charge in [0.15, 0.2) is 0 Å². The minimum atomic E-state index is -0.136. The average molecular weight is 585 g/mol. The zero-order chi connectivity index (χ0) is 30.0. The van der Waals surface area contributed by atoms with Gasteiger partial charge in [0.25, 0.3) is 0 Å². The number of hydrogen-bond acceptors (Lipinski definition) is 3. The molecule has 0 aliphatic carbocycles. The third-order valence-corrected chi connectivity index (χ3v) is 9.00. The highest BCUT2D eigenvalue weighted by Gasteiger charge is 2.29. The Hall–Kier alpha value is -5.04. The zero-order valence-electron chi connectivity index (χ0n) is 24.9. The van der Waals surface area contributed by atoms with Crippen molar-refractivity contribution in [3.8, 4) is 5.75 Å². The van der Waals surface area contributed by atoms with Crippen molar-refractivity contribution < 1.29 is 9.53 Å². The molecule has 222 valence electrons. The fourth-order valence-electron chi connectivity index (χ4n) is 6.73. The number of benzene rings is 4. The van der Waals surface area contributed by atoms with E-state index in [2.05, 4.69) is 65.3 Å². The summed E-state index contributed by atoms with van der Waals surface area (Å²) in [6.07, 6.45) is 4.01. The number of piperidine rings is 1. The summed E-state index contributed by atoms with van der Waals surface area (Å²) in [4.78, 5) is 31.7. The summed E-state index contributed by atoms with van der Waals surface area (Å²) >= 11 is 0. The Morgan fingerprint density at radius 3 is 2.43 bits per heavy atom. The molecule has 0 radical (unpaired) electrons. The van der Waals surface area contributed by atoms with Gasteiger partial charge in [-0.15, -0.1) is 0 Å². The summed E-state index contributed by atoms with van der Waals surface area (Å²) < 4.78 is 10.2. The largest absolute Gasteiger partial charge is 0.489 e. The number of nitrogens with one attached hydrogen (secondary N) is 1. The SMILES string of the molecule is Cn1cc(C(CC(=O)N2CCC(n3c(=O)[nH]c4ccccc43)CC2)c2cccc(OCc3ccccc3)c2)c2ccccc21. The van der Waals surface area contributed by atoms with Crippen molar-refractivity contribution in [2.24, 2.45) is 7.05 Å². The van der Waals surface area contributed by atoms with Gasteiger partial charge in [-0.25, -0.2) is 4.79 Å². The molecular weight excluding hydrogens is 548 g/mol. The quantitative estimate of drug-likeness (QED) is 0.214. The fourth-order valence-corrected chi connectivity index (χ4v) is 6.73. The van der Waals surface area contributed by atoms with Crippen LogP contribution in [-0.4, -0.2) is 38.0 Å². The molecule has 1 aliphatic rings. The van der Waals surface area contributed by atoms with Crippen LogP contribution in [0, 0.1) is 0 Å². The van der Waals surface area contributed by atoms with Crippen molar-refractivity contribution in [3.63, 3.8) is 0 Å². The third-order valence-electron chi connectivity index (χ3n) is 9.00. The lowest BCUT2D eigenvalue weighted by molar-refractivity contribution is -0.132. The maximum atomic E-state index is 14.0. The number of carbonyl (C=O) groups excluding carboxylic acids is 1. The summed E-state index contributed by atoms with van der Waals surface area (Å²) in [6.45, 7) is 1.73. The number of aromatic nitrogens is 3. The zero-order valence-corrected chi connectivity index (χ0v) is 24.9. The third kappa shape index (κ3) is 5.41. The van der Waals surface area contributed by atoms with Crippen LogP contribution in [0.3, 0.4) is 0 Å². The van der Waals surface area contributed by atoms with E-state index in [1.165, 1.54) is 0 Å². The topological polar surface area (TPSA) is 72.3 Å². The number of rotatable bonds is 8. The molecule has 1 aliphatic heterocycles. The molecule has 2 aromatic heterocycles. The van der Waals surface area contributed by atoms with E-state index in [4.69, 9.17) is 4.74 Å². The van der Waals surface area contributed by atoms with Gasteiger partial charge >= 0.3 is 5.69 Å². The fraction of sp³-hybridized carbons (Fsp3) is 0.243. The van der Waals surface area contributed by atoms with Crippen LogP contribution < -0.4 is 10.4 Å². The van der Waals surface area contributed by atoms with Crippen molar-refractivity contribution >= 4 is 27.8 Å². The van der Waals surface area contributed by atoms with E-state index in [1.807, 2.05) is 70.1 Å². The lowest BCUT2D eigenvalue weighted by atomic mass is 9.87. The van der Waals surface area contributed by atoms with Gasteiger partial charge in [0.1, 0.15) is 12.4 Å². The Bertz CT molecular complexity index is 1980. The predicted molar refractivity (Wildman–Crippen MR) is 174 cm³/mol. The number of fused-ring (bicyclic) bond motifs is 2. The van der Waals surface area contributed by atoms with Gasteiger partial charge in [0, 0.05) is 55.6 Å². The van der Waals surface area contributed by atoms with Crippen LogP contribution in [0.2, 0.25) is 0 Å². The lowest BCUT2D eigenvalue weighted by Crippen LogP contribution is -2.41. The summed E-state index contributed by atoms with van der Waals surface area (Å²) in [5.74, 6) is 0.778. The first kappa shape index (κ1) is 27.8. The molecule has 7 heteroatoms. The highest BCUT2D eigenvalue weighted by atomic mass is 16.5. The first-order valence-electron chi connectivity index (χ1n) is 15.3. The highest BCUT2D eigenvalue weighted by Crippen LogP contribution is 2.37. The molecule has 7 rings (SSSR count). The molecule has 0 spiro atoms. The Morgan fingerprint density at radius 2 is 1.61 bits per heavy atom. The van der Waals surface area contributed by atoms with Crippen molar-refractivity contribution in [3.05, 3.63) is 136 Å². The van der Waals surface area contributed by atoms with Crippen molar-refractivity contribution in [2.75, 3.05) is 13.1 Å². The molecule has 1 saturated heterocycles. The smallest absolute Gasteiger partial charge is 0.326 e. The Morgan fingerprint density at radius 1 is 0.886 bits per heavy atom. The predicted octanol–water partition coefficient (Wildman–Crippen LogP) is 6.79. The molecule has 1 amide bonds. The van der Waals surface area contributed by atoms with Crippen LogP contribution in [0.1, 0.15) is 47.9 Å². The second-order valence-electron chi connectivity index (χ2n) is 11.7. The average Bonchev–Trinajstić information content (AvgIpc) is 3.59. The highest BCUT2D eigenvalue weighted by molar-refractivity contribution is 5.86. The van der Waals surface area contributed by atoms with Gasteiger partial charge in [-0.3, -0.25) is 9.36 Å². The second kappa shape index (κ2) is 11.9. The molecule has 0 bridgehead atoms. The van der Waals surface area contributed by atoms with E-state index in [-0.39, 0.29) is 23.6 Å². The number of amides is 1. The number of aryl methyl sites for hydroxylation is 1. The van der Waals surface area contributed by atoms with E-state index in [9.17, 15) is 9.59 Å². The molecule has 4 aromatic carbocycles. The second-order valence-corrected chi connectivity index (χ2v) is 11.7. The molecule has 1 N–H and O–H groups in total. The molecule has 3 heterocycles. The van der Waals surface area contributed by atoms with Crippen LogP contribution in [0.15, 0.2) is 114 Å². The van der Waals surface area contributed by atoms with Gasteiger partial charge in [-0.1, -0.05) is 72.8 Å². The molecule has 6 aromatic rings. The van der Waals surface area contributed by atoms with Gasteiger partial charge in [0.05, 0.1) is 11.0 Å². The Kier molecular flexibility index (Phi) is 7.52. The molecule has 44 heavy (non-hydrogen) atoms. The van der Waals surface area contributed by atoms with Crippen molar-refractivity contribution in [2.45, 2.75) is 37.8 Å². The van der Waals surface area contributed by atoms with Gasteiger partial charge in [-0.2, -0.15) is 0 Å². The van der Waals surface area contributed by atoms with Crippen LogP contribution in [-0.2, 0) is 18.4 Å². The van der Waals surface area contributed by atoms with Gasteiger partial charge < -0.3 is 19.2 Å². The van der Waals surface area contributed by atoms with Gasteiger partial charge in [-0.05, 0) is 59.9 Å². The summed E-state index contributed by atoms with van der Waals surface area (Å²) in [5, 5.41) is 1.15. The molecule has 7 nitrogen and oxygen atoms in total. The van der Waals surface area contributed by atoms with Crippen LogP contribution in [0.5, 0.6) is 5.75 Å². The van der Waals surface area contributed by atoms with E-state index in [0.717, 1.165) is 57.2 Å². The number of para-hydroxylation sites is 3. The van der Waals surface area contributed by atoms with Crippen LogP contribution in [0.4, 0.5) is 0 Å². The van der Waals surface area contributed by atoms with Crippen molar-refractivity contribution in [1.82, 2.24) is 19.0 Å². The number of imidazole rings is 1. The molecule has 1 fully saturated rings. The normalized spacial score (nSPS) is 14.7. The number of H-pyrrole nitrogens is 1. The molecule has 1 atom stereocenters. The minimum Gasteiger partial charge on any atom is -0.489 e. The first-order chi connectivity index (χ1) is 21.5. The van der Waals surface area contributed by atoms with Gasteiger partial charge in [0.2, 0.25) is 5.91 Å². The van der Waals surface area contributed by atoms with Crippen molar-refractivity contribution in [1.29, 1.82) is 0 Å². The number of ether oxygens (including phenoxy) is 1. The van der Waals surface area contributed by atoms with E-state index < -0.39 is 0 Å². The minimum absolute atomic E-state index is 0.0648. The standard InChI is InChI=1S/C37H36N4O3/c1-39-24-32(30-14-5-7-16-34(30)39)31(27-12-9-13-29(22-27)44-25-26-10-3-2-4-11-26)23-36(42)40-20-18-28(19-21-40)41-35-17-8-6-15-33(35)38-37(41)43/h2-17,22,24,28,31H,18-21,23,25H2,1H3,(H,38,43). The Labute approximate surface area is 256 Å².